The highest BCUT2D eigenvalue weighted by atomic mass is 16.5. The number of aromatic nitrogens is 5. The summed E-state index contributed by atoms with van der Waals surface area (Å²) in [5.41, 5.74) is 2.19. The molecule has 1 aliphatic heterocycles. The van der Waals surface area contributed by atoms with Gasteiger partial charge in [0.2, 0.25) is 0 Å². The van der Waals surface area contributed by atoms with E-state index in [-0.39, 0.29) is 0 Å². The van der Waals surface area contributed by atoms with Gasteiger partial charge in [-0.2, -0.15) is 5.10 Å². The maximum Gasteiger partial charge on any atom is 0.155 e. The second-order valence-electron chi connectivity index (χ2n) is 6.49. The van der Waals surface area contributed by atoms with Gasteiger partial charge in [0.15, 0.2) is 5.82 Å². The molecule has 0 aliphatic carbocycles. The molecule has 1 unspecified atom stereocenters. The third kappa shape index (κ3) is 3.62. The second-order valence-corrected chi connectivity index (χ2v) is 6.49. The third-order valence-corrected chi connectivity index (χ3v) is 4.73. The SMILES string of the molecule is COc1ccccc1Cc1nc(C2CCOC2)n(CCc2cnc[nH]2)n1. The molecule has 1 N–H and O–H groups in total. The van der Waals surface area contributed by atoms with Gasteiger partial charge < -0.3 is 14.5 Å². The minimum atomic E-state index is 0.315. The number of ether oxygens (including phenoxy) is 2. The minimum Gasteiger partial charge on any atom is -0.496 e. The van der Waals surface area contributed by atoms with Gasteiger partial charge in [0, 0.05) is 49.4 Å². The highest BCUT2D eigenvalue weighted by Gasteiger charge is 2.24. The molecule has 4 rings (SSSR count). The highest BCUT2D eigenvalue weighted by Crippen LogP contribution is 2.25. The zero-order chi connectivity index (χ0) is 17.8. The summed E-state index contributed by atoms with van der Waals surface area (Å²) in [5, 5.41) is 4.79. The van der Waals surface area contributed by atoms with Crippen LogP contribution >= 0.6 is 0 Å². The molecule has 3 aromatic rings. The molecular weight excluding hydrogens is 330 g/mol. The molecule has 1 saturated heterocycles. The summed E-state index contributed by atoms with van der Waals surface area (Å²) in [7, 11) is 1.69. The van der Waals surface area contributed by atoms with Crippen molar-refractivity contribution in [1.82, 2.24) is 24.7 Å². The van der Waals surface area contributed by atoms with Crippen LogP contribution in [0.1, 0.15) is 35.2 Å². The maximum absolute atomic E-state index is 5.56. The van der Waals surface area contributed by atoms with Gasteiger partial charge in [0.1, 0.15) is 11.6 Å². The first-order chi connectivity index (χ1) is 12.8. The van der Waals surface area contributed by atoms with Gasteiger partial charge in [-0.1, -0.05) is 18.2 Å². The molecule has 0 radical (unpaired) electrons. The van der Waals surface area contributed by atoms with Crippen LogP contribution in [0.25, 0.3) is 0 Å². The first-order valence-corrected chi connectivity index (χ1v) is 8.94. The van der Waals surface area contributed by atoms with Gasteiger partial charge in [-0.3, -0.25) is 0 Å². The van der Waals surface area contributed by atoms with E-state index in [0.717, 1.165) is 61.3 Å². The number of aromatic amines is 1. The third-order valence-electron chi connectivity index (χ3n) is 4.73. The molecular formula is C19H23N5O2. The Bertz CT molecular complexity index is 837. The lowest BCUT2D eigenvalue weighted by atomic mass is 10.1. The van der Waals surface area contributed by atoms with E-state index in [9.17, 15) is 0 Å². The largest absolute Gasteiger partial charge is 0.496 e. The summed E-state index contributed by atoms with van der Waals surface area (Å²) in [5.74, 6) is 3.02. The number of imidazole rings is 1. The lowest BCUT2D eigenvalue weighted by molar-refractivity contribution is 0.192. The van der Waals surface area contributed by atoms with Crippen LogP contribution < -0.4 is 4.74 Å². The molecule has 1 atom stereocenters. The van der Waals surface area contributed by atoms with Crippen molar-refractivity contribution in [3.8, 4) is 5.75 Å². The first-order valence-electron chi connectivity index (χ1n) is 8.94. The van der Waals surface area contributed by atoms with Crippen molar-refractivity contribution in [1.29, 1.82) is 0 Å². The van der Waals surface area contributed by atoms with E-state index in [1.165, 1.54) is 0 Å². The summed E-state index contributed by atoms with van der Waals surface area (Å²) in [6.45, 7) is 2.28. The van der Waals surface area contributed by atoms with Crippen LogP contribution in [0.15, 0.2) is 36.8 Å². The van der Waals surface area contributed by atoms with Crippen LogP contribution in [0.3, 0.4) is 0 Å². The Hall–Kier alpha value is -2.67. The van der Waals surface area contributed by atoms with Crippen LogP contribution in [-0.4, -0.2) is 45.1 Å². The molecule has 7 heteroatoms. The Kier molecular flexibility index (Phi) is 4.97. The number of nitrogens with zero attached hydrogens (tertiary/aromatic N) is 4. The smallest absolute Gasteiger partial charge is 0.155 e. The average molecular weight is 353 g/mol. The van der Waals surface area contributed by atoms with Gasteiger partial charge in [0.25, 0.3) is 0 Å². The summed E-state index contributed by atoms with van der Waals surface area (Å²) in [6, 6.07) is 8.01. The van der Waals surface area contributed by atoms with Crippen molar-refractivity contribution >= 4 is 0 Å². The Morgan fingerprint density at radius 2 is 2.27 bits per heavy atom. The van der Waals surface area contributed by atoms with E-state index in [2.05, 4.69) is 16.0 Å². The van der Waals surface area contributed by atoms with Crippen LogP contribution in [0.5, 0.6) is 5.75 Å². The summed E-state index contributed by atoms with van der Waals surface area (Å²) in [6.07, 6.45) is 6.05. The molecule has 1 aromatic carbocycles. The Balaban J connectivity index is 1.57. The van der Waals surface area contributed by atoms with Crippen molar-refractivity contribution in [3.63, 3.8) is 0 Å². The molecule has 0 spiro atoms. The van der Waals surface area contributed by atoms with Gasteiger partial charge >= 0.3 is 0 Å². The predicted molar refractivity (Wildman–Crippen MR) is 96.3 cm³/mol. The number of methoxy groups -OCH3 is 1. The second kappa shape index (κ2) is 7.70. The molecule has 7 nitrogen and oxygen atoms in total. The summed E-state index contributed by atoms with van der Waals surface area (Å²) in [4.78, 5) is 12.1. The van der Waals surface area contributed by atoms with Gasteiger partial charge in [0.05, 0.1) is 20.0 Å². The molecule has 26 heavy (non-hydrogen) atoms. The van der Waals surface area contributed by atoms with Crippen LogP contribution in [-0.2, 0) is 24.1 Å². The standard InChI is InChI=1S/C19H23N5O2/c1-25-17-5-3-2-4-14(17)10-18-22-19(15-7-9-26-12-15)24(23-18)8-6-16-11-20-13-21-16/h2-5,11,13,15H,6-10,12H2,1H3,(H,20,21). The minimum absolute atomic E-state index is 0.315. The molecule has 136 valence electrons. The van der Waals surface area contributed by atoms with Crippen LogP contribution in [0.2, 0.25) is 0 Å². The number of H-pyrrole nitrogens is 1. The zero-order valence-electron chi connectivity index (χ0n) is 14.9. The topological polar surface area (TPSA) is 77.9 Å². The first kappa shape index (κ1) is 16.8. The summed E-state index contributed by atoms with van der Waals surface area (Å²) < 4.78 is 13.1. The van der Waals surface area contributed by atoms with E-state index < -0.39 is 0 Å². The lowest BCUT2D eigenvalue weighted by Crippen LogP contribution is -2.12. The van der Waals surface area contributed by atoms with Gasteiger partial charge in [-0.05, 0) is 12.5 Å². The van der Waals surface area contributed by atoms with Crippen molar-refractivity contribution in [2.75, 3.05) is 20.3 Å². The quantitative estimate of drug-likeness (QED) is 0.705. The van der Waals surface area contributed by atoms with Crippen molar-refractivity contribution < 1.29 is 9.47 Å². The Labute approximate surface area is 152 Å². The zero-order valence-corrected chi connectivity index (χ0v) is 14.9. The van der Waals surface area contributed by atoms with E-state index in [1.807, 2.05) is 29.1 Å². The fraction of sp³-hybridized carbons (Fsp3) is 0.421. The molecule has 2 aromatic heterocycles. The molecule has 3 heterocycles. The molecule has 1 aliphatic rings. The monoisotopic (exact) mass is 353 g/mol. The molecule has 0 saturated carbocycles. The number of hydrogen-bond donors (Lipinski definition) is 1. The van der Waals surface area contributed by atoms with Crippen LogP contribution in [0.4, 0.5) is 0 Å². The summed E-state index contributed by atoms with van der Waals surface area (Å²) >= 11 is 0. The Morgan fingerprint density at radius 3 is 3.04 bits per heavy atom. The fourth-order valence-corrected chi connectivity index (χ4v) is 3.35. The molecule has 0 amide bonds. The number of para-hydroxylation sites is 1. The molecule has 1 fully saturated rings. The highest BCUT2D eigenvalue weighted by molar-refractivity contribution is 5.35. The normalized spacial score (nSPS) is 16.9. The van der Waals surface area contributed by atoms with Crippen molar-refractivity contribution in [2.24, 2.45) is 0 Å². The maximum atomic E-state index is 5.56. The van der Waals surface area contributed by atoms with E-state index in [0.29, 0.717) is 12.3 Å². The number of rotatable bonds is 7. The predicted octanol–water partition coefficient (Wildman–Crippen LogP) is 2.35. The van der Waals surface area contributed by atoms with Crippen LogP contribution in [0, 0.1) is 0 Å². The Morgan fingerprint density at radius 1 is 1.35 bits per heavy atom. The van der Waals surface area contributed by atoms with Gasteiger partial charge in [-0.25, -0.2) is 14.6 Å². The van der Waals surface area contributed by atoms with Gasteiger partial charge in [-0.15, -0.1) is 0 Å². The number of hydrogen-bond acceptors (Lipinski definition) is 5. The fourth-order valence-electron chi connectivity index (χ4n) is 3.35. The average Bonchev–Trinajstić information content (AvgIpc) is 3.41. The molecule has 0 bridgehead atoms. The number of nitrogens with one attached hydrogen (secondary N) is 1. The van der Waals surface area contributed by atoms with E-state index in [4.69, 9.17) is 19.6 Å². The van der Waals surface area contributed by atoms with Crippen molar-refractivity contribution in [3.05, 3.63) is 59.7 Å². The number of aryl methyl sites for hydroxylation is 2. The number of benzene rings is 1. The van der Waals surface area contributed by atoms with E-state index in [1.54, 1.807) is 13.4 Å². The lowest BCUT2D eigenvalue weighted by Gasteiger charge is -2.09. The van der Waals surface area contributed by atoms with E-state index >= 15 is 0 Å². The van der Waals surface area contributed by atoms with Crippen molar-refractivity contribution in [2.45, 2.75) is 31.7 Å².